The van der Waals surface area contributed by atoms with Crippen LogP contribution in [0.4, 0.5) is 0 Å². The summed E-state index contributed by atoms with van der Waals surface area (Å²) in [6, 6.07) is 14.5. The molecule has 0 unspecified atom stereocenters. The van der Waals surface area contributed by atoms with E-state index >= 15 is 0 Å². The van der Waals surface area contributed by atoms with E-state index in [0.717, 1.165) is 5.56 Å². The topological polar surface area (TPSA) is 114 Å². The predicted molar refractivity (Wildman–Crippen MR) is 122 cm³/mol. The molecule has 1 atom stereocenters. The molecule has 0 aliphatic carbocycles. The number of hydrogen-bond donors (Lipinski definition) is 2. The fourth-order valence-electron chi connectivity index (χ4n) is 2.63. The molecule has 156 valence electrons. The number of benzene rings is 2. The molecule has 2 rings (SSSR count). The van der Waals surface area contributed by atoms with Gasteiger partial charge in [0.05, 0.1) is 16.2 Å². The summed E-state index contributed by atoms with van der Waals surface area (Å²) in [7, 11) is 0. The van der Waals surface area contributed by atoms with Gasteiger partial charge in [-0.2, -0.15) is 5.26 Å². The third kappa shape index (κ3) is 6.49. The highest BCUT2D eigenvalue weighted by molar-refractivity contribution is 14.1. The number of carbonyl (C=O) groups excluding carboxylic acids is 2. The van der Waals surface area contributed by atoms with Crippen LogP contribution in [0.5, 0.6) is 11.5 Å². The summed E-state index contributed by atoms with van der Waals surface area (Å²) >= 11 is 2.03. The molecule has 0 saturated heterocycles. The first-order valence-electron chi connectivity index (χ1n) is 9.20. The van der Waals surface area contributed by atoms with Crippen LogP contribution in [0.2, 0.25) is 0 Å². The number of nitrogens with one attached hydrogen (secondary N) is 1. The highest BCUT2D eigenvalue weighted by Gasteiger charge is 2.16. The molecule has 0 heterocycles. The Morgan fingerprint density at radius 1 is 1.27 bits per heavy atom. The van der Waals surface area contributed by atoms with Gasteiger partial charge < -0.3 is 20.5 Å². The minimum atomic E-state index is -0.604. The van der Waals surface area contributed by atoms with Gasteiger partial charge in [0.25, 0.3) is 11.8 Å². The maximum Gasteiger partial charge on any atom is 0.262 e. The molecule has 0 aliphatic heterocycles. The fraction of sp³-hybridized carbons (Fsp3) is 0.227. The number of nitriles is 1. The normalized spacial score (nSPS) is 11.9. The number of primary amides is 1. The van der Waals surface area contributed by atoms with E-state index < -0.39 is 11.8 Å². The number of ether oxygens (including phenoxy) is 2. The summed E-state index contributed by atoms with van der Waals surface area (Å²) < 4.78 is 11.7. The highest BCUT2D eigenvalue weighted by atomic mass is 127. The summed E-state index contributed by atoms with van der Waals surface area (Å²) in [6.07, 6.45) is 1.48. The van der Waals surface area contributed by atoms with Crippen molar-refractivity contribution < 1.29 is 19.1 Å². The zero-order valence-corrected chi connectivity index (χ0v) is 18.8. The van der Waals surface area contributed by atoms with Gasteiger partial charge in [0, 0.05) is 0 Å². The van der Waals surface area contributed by atoms with Crippen molar-refractivity contribution in [2.24, 2.45) is 5.73 Å². The van der Waals surface area contributed by atoms with Crippen LogP contribution in [0, 0.1) is 14.9 Å². The average molecular weight is 519 g/mol. The molecule has 8 heteroatoms. The zero-order chi connectivity index (χ0) is 22.1. The van der Waals surface area contributed by atoms with Gasteiger partial charge >= 0.3 is 0 Å². The maximum atomic E-state index is 12.6. The molecule has 2 aromatic rings. The van der Waals surface area contributed by atoms with E-state index in [2.05, 4.69) is 5.32 Å². The number of rotatable bonds is 9. The van der Waals surface area contributed by atoms with Gasteiger partial charge in [-0.1, -0.05) is 30.3 Å². The molecule has 0 saturated carbocycles. The van der Waals surface area contributed by atoms with E-state index in [4.69, 9.17) is 15.2 Å². The Morgan fingerprint density at radius 2 is 1.97 bits per heavy atom. The standard InChI is InChI=1S/C22H22IN3O4/c1-3-29-19-11-15(10-18(23)21(19)30-13-20(25)27)9-17(12-24)22(28)26-14(2)16-7-5-4-6-8-16/h4-11,14H,3,13H2,1-2H3,(H2,25,27)(H,26,28)/b17-9+/t14-/m1/s1. The summed E-state index contributed by atoms with van der Waals surface area (Å²) in [5.41, 5.74) is 6.63. The lowest BCUT2D eigenvalue weighted by atomic mass is 10.1. The summed E-state index contributed by atoms with van der Waals surface area (Å²) in [5.74, 6) is -0.301. The van der Waals surface area contributed by atoms with E-state index in [1.54, 1.807) is 12.1 Å². The molecular formula is C22H22IN3O4. The molecule has 0 aromatic heterocycles. The molecule has 0 spiro atoms. The van der Waals surface area contributed by atoms with E-state index in [-0.39, 0.29) is 18.2 Å². The number of hydrogen-bond acceptors (Lipinski definition) is 5. The number of nitrogens with zero attached hydrogens (tertiary/aromatic N) is 1. The average Bonchev–Trinajstić information content (AvgIpc) is 2.72. The number of nitrogens with two attached hydrogens (primary N) is 1. The van der Waals surface area contributed by atoms with Crippen molar-refractivity contribution in [3.63, 3.8) is 0 Å². The van der Waals surface area contributed by atoms with Gasteiger partial charge in [-0.3, -0.25) is 9.59 Å². The van der Waals surface area contributed by atoms with Crippen LogP contribution in [0.25, 0.3) is 6.08 Å². The van der Waals surface area contributed by atoms with Gasteiger partial charge in [0.1, 0.15) is 11.6 Å². The van der Waals surface area contributed by atoms with Crippen LogP contribution >= 0.6 is 22.6 Å². The SMILES string of the molecule is CCOc1cc(/C=C(\C#N)C(=O)N[C@H](C)c2ccccc2)cc(I)c1OCC(N)=O. The van der Waals surface area contributed by atoms with E-state index in [0.29, 0.717) is 27.2 Å². The van der Waals surface area contributed by atoms with Crippen LogP contribution < -0.4 is 20.5 Å². The second-order valence-corrected chi connectivity index (χ2v) is 7.46. The fourth-order valence-corrected chi connectivity index (χ4v) is 3.41. The van der Waals surface area contributed by atoms with Crippen molar-refractivity contribution in [1.82, 2.24) is 5.32 Å². The molecule has 7 nitrogen and oxygen atoms in total. The van der Waals surface area contributed by atoms with Crippen LogP contribution in [-0.2, 0) is 9.59 Å². The highest BCUT2D eigenvalue weighted by Crippen LogP contribution is 2.35. The van der Waals surface area contributed by atoms with Gasteiger partial charge in [-0.05, 0) is 65.8 Å². The Labute approximate surface area is 189 Å². The van der Waals surface area contributed by atoms with Crippen molar-refractivity contribution in [1.29, 1.82) is 5.26 Å². The smallest absolute Gasteiger partial charge is 0.262 e. The van der Waals surface area contributed by atoms with Gasteiger partial charge in [0.2, 0.25) is 0 Å². The largest absolute Gasteiger partial charge is 0.490 e. The third-order valence-electron chi connectivity index (χ3n) is 4.01. The minimum absolute atomic E-state index is 0.0400. The Morgan fingerprint density at radius 3 is 2.57 bits per heavy atom. The summed E-state index contributed by atoms with van der Waals surface area (Å²) in [4.78, 5) is 23.6. The lowest BCUT2D eigenvalue weighted by Crippen LogP contribution is -2.27. The summed E-state index contributed by atoms with van der Waals surface area (Å²) in [6.45, 7) is 3.75. The van der Waals surface area contributed by atoms with Crippen molar-refractivity contribution >= 4 is 40.5 Å². The lowest BCUT2D eigenvalue weighted by Gasteiger charge is -2.15. The van der Waals surface area contributed by atoms with Gasteiger partial charge in [-0.15, -0.1) is 0 Å². The van der Waals surface area contributed by atoms with Gasteiger partial charge in [-0.25, -0.2) is 0 Å². The first-order valence-corrected chi connectivity index (χ1v) is 10.3. The maximum absolute atomic E-state index is 12.6. The monoisotopic (exact) mass is 519 g/mol. The molecule has 0 radical (unpaired) electrons. The number of halogens is 1. The van der Waals surface area contributed by atoms with Crippen LogP contribution in [-0.4, -0.2) is 25.0 Å². The molecule has 3 N–H and O–H groups in total. The van der Waals surface area contributed by atoms with Crippen molar-refractivity contribution in [2.45, 2.75) is 19.9 Å². The number of amides is 2. The second kappa shape index (κ2) is 11.2. The molecular weight excluding hydrogens is 497 g/mol. The minimum Gasteiger partial charge on any atom is -0.490 e. The van der Waals surface area contributed by atoms with Crippen LogP contribution in [0.15, 0.2) is 48.0 Å². The quantitative estimate of drug-likeness (QED) is 0.300. The molecule has 0 aliphatic rings. The van der Waals surface area contributed by atoms with E-state index in [1.165, 1.54) is 6.08 Å². The van der Waals surface area contributed by atoms with Crippen molar-refractivity contribution in [3.8, 4) is 17.6 Å². The van der Waals surface area contributed by atoms with E-state index in [1.807, 2.05) is 72.8 Å². The first kappa shape index (κ1) is 23.2. The molecule has 0 fully saturated rings. The molecule has 0 bridgehead atoms. The van der Waals surface area contributed by atoms with Gasteiger partial charge in [0.15, 0.2) is 18.1 Å². The predicted octanol–water partition coefficient (Wildman–Crippen LogP) is 3.34. The van der Waals surface area contributed by atoms with Crippen molar-refractivity contribution in [3.05, 3.63) is 62.7 Å². The third-order valence-corrected chi connectivity index (χ3v) is 4.82. The first-order chi connectivity index (χ1) is 14.3. The Balaban J connectivity index is 2.28. The zero-order valence-electron chi connectivity index (χ0n) is 16.6. The molecule has 30 heavy (non-hydrogen) atoms. The van der Waals surface area contributed by atoms with Crippen molar-refractivity contribution in [2.75, 3.05) is 13.2 Å². The molecule has 2 amide bonds. The van der Waals surface area contributed by atoms with Crippen LogP contribution in [0.1, 0.15) is 31.0 Å². The van der Waals surface area contributed by atoms with E-state index in [9.17, 15) is 14.9 Å². The second-order valence-electron chi connectivity index (χ2n) is 6.29. The van der Waals surface area contributed by atoms with Crippen LogP contribution in [0.3, 0.4) is 0 Å². The Kier molecular flexibility index (Phi) is 8.68. The molecule has 2 aromatic carbocycles. The number of carbonyl (C=O) groups is 2. The Bertz CT molecular complexity index is 984. The summed E-state index contributed by atoms with van der Waals surface area (Å²) in [5, 5.41) is 12.3. The lowest BCUT2D eigenvalue weighted by molar-refractivity contribution is -0.120. The Hall–Kier alpha value is -3.06.